The largest absolute Gasteiger partial charge is 0.472 e. The van der Waals surface area contributed by atoms with Gasteiger partial charge in [0, 0.05) is 141 Å². The minimum atomic E-state index is -0.356. The Labute approximate surface area is 451 Å². The average Bonchev–Trinajstić information content (AvgIpc) is 3.43. The molecule has 8 aromatic heterocycles. The summed E-state index contributed by atoms with van der Waals surface area (Å²) in [5.74, 6) is 0. The average molecular weight is 1470 g/mol. The van der Waals surface area contributed by atoms with Gasteiger partial charge in [0.2, 0.25) is 0 Å². The number of pyridine rings is 5. The van der Waals surface area contributed by atoms with Crippen LogP contribution in [0.4, 0.5) is 0 Å². The van der Waals surface area contributed by atoms with Crippen molar-refractivity contribution >= 4 is 65.6 Å². The van der Waals surface area contributed by atoms with Crippen LogP contribution in [0.3, 0.4) is 0 Å². The summed E-state index contributed by atoms with van der Waals surface area (Å²) in [7, 11) is 0. The van der Waals surface area contributed by atoms with Gasteiger partial charge in [-0.05, 0) is 41.7 Å². The van der Waals surface area contributed by atoms with Gasteiger partial charge in [0.15, 0.2) is 0 Å². The Morgan fingerprint density at radius 2 is 0.625 bits per heavy atom. The topological polar surface area (TPSA) is 155 Å². The van der Waals surface area contributed by atoms with Crippen LogP contribution < -0.4 is 16.9 Å². The summed E-state index contributed by atoms with van der Waals surface area (Å²) >= 11 is 0. The molecule has 3 radical (unpaired) electrons. The van der Waals surface area contributed by atoms with Gasteiger partial charge in [-0.15, -0.1) is 145 Å². The molecule has 0 spiro atoms. The molecule has 359 valence electrons. The zero-order valence-electron chi connectivity index (χ0n) is 37.3. The molecular weight excluding hydrogens is 1440 g/mol. The first-order valence-electron chi connectivity index (χ1n) is 21.3. The molecule has 14 heteroatoms. The fourth-order valence-electron chi connectivity index (χ4n) is 7.00. The van der Waals surface area contributed by atoms with Crippen LogP contribution in [0.5, 0.6) is 0 Å². The van der Waals surface area contributed by atoms with E-state index in [1.807, 2.05) is 84.9 Å². The molecular formula is C58H34Ir3N5O6-5. The summed E-state index contributed by atoms with van der Waals surface area (Å²) in [5.41, 5.74) is 6.45. The van der Waals surface area contributed by atoms with Crippen LogP contribution in [-0.2, 0) is 60.3 Å². The van der Waals surface area contributed by atoms with Crippen molar-refractivity contribution in [1.29, 1.82) is 0 Å². The van der Waals surface area contributed by atoms with Crippen molar-refractivity contribution in [2.45, 2.75) is 0 Å². The first-order chi connectivity index (χ1) is 34.0. The molecule has 13 rings (SSSR count). The van der Waals surface area contributed by atoms with Gasteiger partial charge in [-0.1, -0.05) is 58.6 Å². The molecule has 72 heavy (non-hydrogen) atoms. The maximum atomic E-state index is 11.6. The summed E-state index contributed by atoms with van der Waals surface area (Å²) < 4.78 is 15.4. The molecule has 0 aliphatic carbocycles. The van der Waals surface area contributed by atoms with E-state index in [1.165, 1.54) is 0 Å². The van der Waals surface area contributed by atoms with Gasteiger partial charge in [-0.25, -0.2) is 14.4 Å². The molecule has 0 fully saturated rings. The van der Waals surface area contributed by atoms with Crippen molar-refractivity contribution in [3.05, 3.63) is 269 Å². The van der Waals surface area contributed by atoms with Gasteiger partial charge in [-0.3, -0.25) is 0 Å². The summed E-state index contributed by atoms with van der Waals surface area (Å²) in [6.07, 6.45) is 8.54. The molecule has 0 N–H and O–H groups in total. The van der Waals surface area contributed by atoms with Crippen molar-refractivity contribution in [2.24, 2.45) is 0 Å². The summed E-state index contributed by atoms with van der Waals surface area (Å²) in [6.45, 7) is 0. The molecule has 0 aliphatic heterocycles. The molecule has 5 aromatic carbocycles. The molecule has 11 nitrogen and oxygen atoms in total. The van der Waals surface area contributed by atoms with Gasteiger partial charge in [0.25, 0.3) is 0 Å². The van der Waals surface area contributed by atoms with E-state index in [1.54, 1.807) is 122 Å². The quantitative estimate of drug-likeness (QED) is 0.0922. The van der Waals surface area contributed by atoms with E-state index in [0.29, 0.717) is 49.5 Å². The minimum Gasteiger partial charge on any atom is -0.472 e. The Morgan fingerprint density at radius 1 is 0.306 bits per heavy atom. The molecule has 13 aromatic rings. The van der Waals surface area contributed by atoms with Crippen LogP contribution in [0, 0.1) is 30.3 Å². The third kappa shape index (κ3) is 12.9. The minimum absolute atomic E-state index is 0. The monoisotopic (exact) mass is 1480 g/mol. The van der Waals surface area contributed by atoms with Crippen LogP contribution in [0.15, 0.2) is 235 Å². The van der Waals surface area contributed by atoms with Crippen molar-refractivity contribution in [3.63, 3.8) is 0 Å². The van der Waals surface area contributed by atoms with Crippen molar-refractivity contribution in [2.75, 3.05) is 0 Å². The second-order valence-electron chi connectivity index (χ2n) is 14.6. The molecule has 0 saturated carbocycles. The molecule has 0 amide bonds. The van der Waals surface area contributed by atoms with Crippen molar-refractivity contribution in [1.82, 2.24) is 24.9 Å². The van der Waals surface area contributed by atoms with Gasteiger partial charge in [0.05, 0.1) is 0 Å². The zero-order chi connectivity index (χ0) is 47.2. The second-order valence-corrected chi connectivity index (χ2v) is 14.6. The molecule has 0 bridgehead atoms. The fraction of sp³-hybridized carbons (Fsp3) is 0. The van der Waals surface area contributed by atoms with Crippen LogP contribution in [0.25, 0.3) is 88.1 Å². The van der Waals surface area contributed by atoms with E-state index >= 15 is 0 Å². The Hall–Kier alpha value is -7.79. The van der Waals surface area contributed by atoms with E-state index in [-0.39, 0.29) is 77.2 Å². The van der Waals surface area contributed by atoms with Crippen molar-refractivity contribution in [3.8, 4) is 22.5 Å². The maximum Gasteiger partial charge on any atom is 0.327 e. The van der Waals surface area contributed by atoms with E-state index in [0.717, 1.165) is 38.7 Å². The SMILES string of the molecule is O=c1oc2ccc[c-]c2c2ncccc12.O=c1oc2ccc[c-]c2c2ncccc12.O=c1oc2ccc[c-]c2c2ncccc12.[Ir].[Ir].[Ir].[c-]1ccccc1-c1ccccn1.[c-]1ccccc1-c1ccccn1. The fourth-order valence-corrected chi connectivity index (χ4v) is 7.00. The predicted molar refractivity (Wildman–Crippen MR) is 267 cm³/mol. The molecule has 0 saturated heterocycles. The number of fused-ring (bicyclic) bond motifs is 9. The predicted octanol–water partition coefficient (Wildman–Crippen LogP) is 11.5. The smallest absolute Gasteiger partial charge is 0.327 e. The molecule has 0 unspecified atom stereocenters. The normalized spacial score (nSPS) is 10.1. The molecule has 8 heterocycles. The Kier molecular flexibility index (Phi) is 19.7. The number of aromatic nitrogens is 5. The van der Waals surface area contributed by atoms with Crippen molar-refractivity contribution < 1.29 is 73.6 Å². The third-order valence-electron chi connectivity index (χ3n) is 10.2. The first kappa shape index (κ1) is 53.6. The van der Waals surface area contributed by atoms with Gasteiger partial charge < -0.3 is 38.2 Å². The van der Waals surface area contributed by atoms with Crippen LogP contribution in [-0.4, -0.2) is 24.9 Å². The standard InChI is InChI=1S/3C12H6NO2.2C11H8N.3Ir/c3*14-12-9-5-3-7-13-11(9)8-4-1-2-6-10(8)15-12;2*1-2-6-10(7-3-1)11-8-4-5-9-12-11;;;/h3*1-3,5-7H;2*1-6,8-9H;;;/q5*-1;;;. The molecule has 0 atom stereocenters. The van der Waals surface area contributed by atoms with Crippen LogP contribution >= 0.6 is 0 Å². The number of hydrogen-bond acceptors (Lipinski definition) is 11. The number of hydrogen-bond donors (Lipinski definition) is 0. The Bertz CT molecular complexity index is 3550. The van der Waals surface area contributed by atoms with E-state index in [2.05, 4.69) is 55.3 Å². The number of nitrogens with zero attached hydrogens (tertiary/aromatic N) is 5. The van der Waals surface area contributed by atoms with Gasteiger partial charge in [-0.2, -0.15) is 0 Å². The van der Waals surface area contributed by atoms with Crippen LogP contribution in [0.1, 0.15) is 0 Å². The maximum absolute atomic E-state index is 11.6. The zero-order valence-corrected chi connectivity index (χ0v) is 44.5. The van der Waals surface area contributed by atoms with Crippen LogP contribution in [0.2, 0.25) is 0 Å². The first-order valence-corrected chi connectivity index (χ1v) is 21.3. The Morgan fingerprint density at radius 3 is 0.931 bits per heavy atom. The third-order valence-corrected chi connectivity index (χ3v) is 10.2. The van der Waals surface area contributed by atoms with Gasteiger partial charge in [0.1, 0.15) is 0 Å². The van der Waals surface area contributed by atoms with E-state index in [9.17, 15) is 14.4 Å². The number of rotatable bonds is 2. The molecule has 0 aliphatic rings. The van der Waals surface area contributed by atoms with Gasteiger partial charge >= 0.3 is 16.9 Å². The Balaban J connectivity index is 0.000000146. The van der Waals surface area contributed by atoms with E-state index in [4.69, 9.17) is 13.3 Å². The summed E-state index contributed by atoms with van der Waals surface area (Å²) in [5, 5.41) is 3.71. The summed E-state index contributed by atoms with van der Waals surface area (Å²) in [4.78, 5) is 55.7. The second kappa shape index (κ2) is 26.4. The number of benzene rings is 5. The summed E-state index contributed by atoms with van der Waals surface area (Å²) in [6, 6.07) is 68.8. The van der Waals surface area contributed by atoms with E-state index < -0.39 is 0 Å².